The molecule has 0 aromatic heterocycles. The second kappa shape index (κ2) is 11.0. The van der Waals surface area contributed by atoms with Crippen LogP contribution in [-0.2, 0) is 4.74 Å². The summed E-state index contributed by atoms with van der Waals surface area (Å²) in [4.78, 5) is 6.74. The maximum absolute atomic E-state index is 5.77. The van der Waals surface area contributed by atoms with E-state index in [2.05, 4.69) is 53.4 Å². The summed E-state index contributed by atoms with van der Waals surface area (Å²) in [6.45, 7) is 11.7. The lowest BCUT2D eigenvalue weighted by Gasteiger charge is -2.35. The van der Waals surface area contributed by atoms with Crippen molar-refractivity contribution < 1.29 is 9.47 Å². The highest BCUT2D eigenvalue weighted by Gasteiger charge is 2.21. The van der Waals surface area contributed by atoms with E-state index in [1.807, 2.05) is 12.1 Å². The van der Waals surface area contributed by atoms with Crippen molar-refractivity contribution in [3.05, 3.63) is 29.8 Å². The average molecular weight is 363 g/mol. The number of nitrogens with one attached hydrogen (secondary N) is 2. The van der Waals surface area contributed by atoms with Crippen molar-refractivity contribution in [3.63, 3.8) is 0 Å². The first kappa shape index (κ1) is 20.5. The molecular formula is C20H34N4O2. The summed E-state index contributed by atoms with van der Waals surface area (Å²) in [5.41, 5.74) is 1.24. The maximum atomic E-state index is 5.77. The molecule has 0 bridgehead atoms. The molecule has 0 spiro atoms. The normalized spacial score (nSPS) is 21.5. The van der Waals surface area contributed by atoms with Gasteiger partial charge in [0.2, 0.25) is 0 Å². The van der Waals surface area contributed by atoms with Crippen molar-refractivity contribution in [1.29, 1.82) is 0 Å². The van der Waals surface area contributed by atoms with Crippen molar-refractivity contribution in [2.24, 2.45) is 4.99 Å². The summed E-state index contributed by atoms with van der Waals surface area (Å²) in [6.07, 6.45) is 1.74. The monoisotopic (exact) mass is 362 g/mol. The van der Waals surface area contributed by atoms with Crippen LogP contribution >= 0.6 is 0 Å². The Hall–Kier alpha value is -1.79. The summed E-state index contributed by atoms with van der Waals surface area (Å²) in [5, 5.41) is 6.65. The molecule has 1 heterocycles. The molecule has 0 aliphatic carbocycles. The number of rotatable bonds is 8. The fourth-order valence-corrected chi connectivity index (χ4v) is 3.17. The predicted octanol–water partition coefficient (Wildman–Crippen LogP) is 2.04. The highest BCUT2D eigenvalue weighted by molar-refractivity contribution is 5.79. The molecular weight excluding hydrogens is 328 g/mol. The minimum absolute atomic E-state index is 0.328. The van der Waals surface area contributed by atoms with Gasteiger partial charge < -0.3 is 20.1 Å². The van der Waals surface area contributed by atoms with Crippen molar-refractivity contribution in [2.45, 2.75) is 39.4 Å². The Balaban J connectivity index is 1.55. The number of nitrogens with zero attached hydrogens (tertiary/aromatic N) is 2. The third kappa shape index (κ3) is 7.62. The van der Waals surface area contributed by atoms with E-state index in [9.17, 15) is 0 Å². The smallest absolute Gasteiger partial charge is 0.191 e. The first-order chi connectivity index (χ1) is 12.6. The van der Waals surface area contributed by atoms with E-state index in [-0.39, 0.29) is 0 Å². The lowest BCUT2D eigenvalue weighted by atomic mass is 10.2. The highest BCUT2D eigenvalue weighted by atomic mass is 16.5. The number of aryl methyl sites for hydroxylation is 1. The largest absolute Gasteiger partial charge is 0.492 e. The first-order valence-corrected chi connectivity index (χ1v) is 9.58. The van der Waals surface area contributed by atoms with Crippen LogP contribution in [0.4, 0.5) is 0 Å². The van der Waals surface area contributed by atoms with Gasteiger partial charge in [0, 0.05) is 33.2 Å². The Kier molecular flexibility index (Phi) is 8.71. The maximum Gasteiger partial charge on any atom is 0.191 e. The van der Waals surface area contributed by atoms with Crippen LogP contribution in [0.5, 0.6) is 5.75 Å². The molecule has 26 heavy (non-hydrogen) atoms. The van der Waals surface area contributed by atoms with Gasteiger partial charge in [0.1, 0.15) is 12.4 Å². The molecule has 0 saturated carbocycles. The summed E-state index contributed by atoms with van der Waals surface area (Å²) in [7, 11) is 1.79. The van der Waals surface area contributed by atoms with Gasteiger partial charge in [-0.25, -0.2) is 0 Å². The number of ether oxygens (including phenoxy) is 2. The molecule has 2 N–H and O–H groups in total. The Morgan fingerprint density at radius 2 is 1.81 bits per heavy atom. The number of aliphatic imine (C=N–C) groups is 1. The van der Waals surface area contributed by atoms with Gasteiger partial charge in [-0.05, 0) is 39.3 Å². The minimum atomic E-state index is 0.328. The molecule has 1 saturated heterocycles. The summed E-state index contributed by atoms with van der Waals surface area (Å²) in [5.74, 6) is 1.72. The Labute approximate surface area is 158 Å². The highest BCUT2D eigenvalue weighted by Crippen LogP contribution is 2.11. The first-order valence-electron chi connectivity index (χ1n) is 9.58. The minimum Gasteiger partial charge on any atom is -0.492 e. The number of guanidine groups is 1. The molecule has 2 atom stereocenters. The van der Waals surface area contributed by atoms with Gasteiger partial charge in [0.05, 0.1) is 18.8 Å². The van der Waals surface area contributed by atoms with Crippen molar-refractivity contribution in [1.82, 2.24) is 15.5 Å². The van der Waals surface area contributed by atoms with Gasteiger partial charge in [0.15, 0.2) is 5.96 Å². The van der Waals surface area contributed by atoms with E-state index < -0.39 is 0 Å². The molecule has 1 aliphatic rings. The molecule has 6 heteroatoms. The standard InChI is InChI=1S/C20H34N4O2/c1-16-6-8-19(9-7-16)25-13-11-23-20(21-4)22-10-5-12-24-14-17(2)26-18(3)15-24/h6-9,17-18H,5,10-15H2,1-4H3,(H2,21,22,23). The number of benzene rings is 1. The zero-order chi connectivity index (χ0) is 18.8. The number of morpholine rings is 1. The average Bonchev–Trinajstić information content (AvgIpc) is 2.61. The Morgan fingerprint density at radius 3 is 2.46 bits per heavy atom. The van der Waals surface area contributed by atoms with Crippen LogP contribution in [0.3, 0.4) is 0 Å². The molecule has 2 rings (SSSR count). The fourth-order valence-electron chi connectivity index (χ4n) is 3.17. The molecule has 1 aliphatic heterocycles. The second-order valence-corrected chi connectivity index (χ2v) is 6.96. The van der Waals surface area contributed by atoms with E-state index in [1.165, 1.54) is 5.56 Å². The van der Waals surface area contributed by atoms with Crippen LogP contribution in [0.2, 0.25) is 0 Å². The third-order valence-electron chi connectivity index (χ3n) is 4.35. The van der Waals surface area contributed by atoms with Crippen molar-refractivity contribution in [2.75, 3.05) is 46.4 Å². The van der Waals surface area contributed by atoms with Crippen LogP contribution in [0.25, 0.3) is 0 Å². The molecule has 0 radical (unpaired) electrons. The van der Waals surface area contributed by atoms with Gasteiger partial charge >= 0.3 is 0 Å². The van der Waals surface area contributed by atoms with Gasteiger partial charge in [-0.1, -0.05) is 17.7 Å². The third-order valence-corrected chi connectivity index (χ3v) is 4.35. The van der Waals surface area contributed by atoms with E-state index in [0.717, 1.165) is 44.3 Å². The van der Waals surface area contributed by atoms with Gasteiger partial charge in [-0.3, -0.25) is 9.89 Å². The van der Waals surface area contributed by atoms with E-state index in [1.54, 1.807) is 7.05 Å². The summed E-state index contributed by atoms with van der Waals surface area (Å²) < 4.78 is 11.5. The molecule has 0 amide bonds. The second-order valence-electron chi connectivity index (χ2n) is 6.96. The molecule has 1 fully saturated rings. The van der Waals surface area contributed by atoms with Crippen LogP contribution in [0, 0.1) is 6.92 Å². The van der Waals surface area contributed by atoms with Gasteiger partial charge in [-0.15, -0.1) is 0 Å². The Bertz CT molecular complexity index is 537. The van der Waals surface area contributed by atoms with Crippen LogP contribution in [0.1, 0.15) is 25.8 Å². The molecule has 2 unspecified atom stereocenters. The molecule has 6 nitrogen and oxygen atoms in total. The zero-order valence-corrected chi connectivity index (χ0v) is 16.6. The van der Waals surface area contributed by atoms with Gasteiger partial charge in [-0.2, -0.15) is 0 Å². The number of hydrogen-bond donors (Lipinski definition) is 2. The predicted molar refractivity (Wildman–Crippen MR) is 107 cm³/mol. The van der Waals surface area contributed by atoms with Crippen molar-refractivity contribution in [3.8, 4) is 5.75 Å². The van der Waals surface area contributed by atoms with Crippen molar-refractivity contribution >= 4 is 5.96 Å². The van der Waals surface area contributed by atoms with Crippen LogP contribution in [-0.4, -0.2) is 69.4 Å². The summed E-state index contributed by atoms with van der Waals surface area (Å²) >= 11 is 0. The van der Waals surface area contributed by atoms with E-state index in [4.69, 9.17) is 9.47 Å². The van der Waals surface area contributed by atoms with Crippen LogP contribution < -0.4 is 15.4 Å². The molecule has 1 aromatic rings. The zero-order valence-electron chi connectivity index (χ0n) is 16.6. The molecule has 1 aromatic carbocycles. The van der Waals surface area contributed by atoms with Crippen LogP contribution in [0.15, 0.2) is 29.3 Å². The lowest BCUT2D eigenvalue weighted by molar-refractivity contribution is -0.0679. The SMILES string of the molecule is CN=C(NCCCN1CC(C)OC(C)C1)NCCOc1ccc(C)cc1. The quantitative estimate of drug-likeness (QED) is 0.421. The number of hydrogen-bond acceptors (Lipinski definition) is 4. The summed E-state index contributed by atoms with van der Waals surface area (Å²) in [6, 6.07) is 8.10. The molecule has 146 valence electrons. The topological polar surface area (TPSA) is 58.1 Å². The van der Waals surface area contributed by atoms with E-state index >= 15 is 0 Å². The van der Waals surface area contributed by atoms with Gasteiger partial charge in [0.25, 0.3) is 0 Å². The van der Waals surface area contributed by atoms with E-state index in [0.29, 0.717) is 25.4 Å². The fraction of sp³-hybridized carbons (Fsp3) is 0.650. The Morgan fingerprint density at radius 1 is 1.15 bits per heavy atom. The lowest BCUT2D eigenvalue weighted by Crippen LogP contribution is -2.46.